The quantitative estimate of drug-likeness (QED) is 0.550. The van der Waals surface area contributed by atoms with Gasteiger partial charge < -0.3 is 9.26 Å². The van der Waals surface area contributed by atoms with Crippen LogP contribution in [0.25, 0.3) is 0 Å². The molecular weight excluding hydrogens is 325 g/mol. The first-order valence-electron chi connectivity index (χ1n) is 8.84. The number of carbonyl (C=O) groups excluding carboxylic acids is 1. The van der Waals surface area contributed by atoms with Crippen LogP contribution in [0.3, 0.4) is 0 Å². The standard InChI is InChI=1S/C18H28NO4P/c1-3-14-24(21,23-17-12-8-5-9-13-17)19-15(2)18(20)22-16-10-6-4-7-11-16/h5,8-9,12-13,15-16H,3-4,6-7,10-11,14H2,1-2H3,(H,19,21)/t15-,24?/m0/s1. The van der Waals surface area contributed by atoms with E-state index >= 15 is 0 Å². The van der Waals surface area contributed by atoms with E-state index in [1.807, 2.05) is 25.1 Å². The van der Waals surface area contributed by atoms with Crippen LogP contribution in [0, 0.1) is 0 Å². The van der Waals surface area contributed by atoms with Crippen LogP contribution in [-0.4, -0.2) is 24.3 Å². The number of hydrogen-bond donors (Lipinski definition) is 1. The van der Waals surface area contributed by atoms with E-state index in [0.717, 1.165) is 25.7 Å². The SMILES string of the molecule is CCCP(=O)(N[C@@H](C)C(=O)OC1CCCCC1)Oc1ccccc1. The highest BCUT2D eigenvalue weighted by Crippen LogP contribution is 2.44. The molecule has 0 saturated heterocycles. The van der Waals surface area contributed by atoms with Crippen LogP contribution >= 0.6 is 7.52 Å². The summed E-state index contributed by atoms with van der Waals surface area (Å²) in [6.07, 6.45) is 6.31. The summed E-state index contributed by atoms with van der Waals surface area (Å²) < 4.78 is 24.3. The van der Waals surface area contributed by atoms with Crippen molar-refractivity contribution in [1.29, 1.82) is 0 Å². The summed E-state index contributed by atoms with van der Waals surface area (Å²) >= 11 is 0. The Morgan fingerprint density at radius 1 is 1.25 bits per heavy atom. The molecule has 1 unspecified atom stereocenters. The number of carbonyl (C=O) groups is 1. The Morgan fingerprint density at radius 2 is 1.92 bits per heavy atom. The van der Waals surface area contributed by atoms with Gasteiger partial charge in [-0.3, -0.25) is 9.36 Å². The Kier molecular flexibility index (Phi) is 7.32. The smallest absolute Gasteiger partial charge is 0.323 e. The van der Waals surface area contributed by atoms with Gasteiger partial charge in [0.25, 0.3) is 0 Å². The number of nitrogens with one attached hydrogen (secondary N) is 1. The van der Waals surface area contributed by atoms with Gasteiger partial charge in [-0.2, -0.15) is 0 Å². The zero-order valence-electron chi connectivity index (χ0n) is 14.6. The maximum atomic E-state index is 13.0. The molecule has 0 heterocycles. The molecule has 2 atom stereocenters. The third kappa shape index (κ3) is 5.95. The van der Waals surface area contributed by atoms with Gasteiger partial charge in [-0.1, -0.05) is 31.5 Å². The van der Waals surface area contributed by atoms with Crippen molar-refractivity contribution in [3.8, 4) is 5.75 Å². The van der Waals surface area contributed by atoms with Crippen molar-refractivity contribution in [2.24, 2.45) is 0 Å². The lowest BCUT2D eigenvalue weighted by atomic mass is 9.98. The second-order valence-corrected chi connectivity index (χ2v) is 8.58. The normalized spacial score (nSPS) is 19.2. The Balaban J connectivity index is 1.95. The average molecular weight is 353 g/mol. The Hall–Kier alpha value is -1.32. The molecule has 0 spiro atoms. The topological polar surface area (TPSA) is 64.6 Å². The molecule has 1 aliphatic carbocycles. The number of rotatable bonds is 8. The fraction of sp³-hybridized carbons (Fsp3) is 0.611. The van der Waals surface area contributed by atoms with Gasteiger partial charge in [0.05, 0.1) is 0 Å². The van der Waals surface area contributed by atoms with Crippen molar-refractivity contribution in [3.63, 3.8) is 0 Å². The van der Waals surface area contributed by atoms with Crippen LogP contribution in [0.4, 0.5) is 0 Å². The van der Waals surface area contributed by atoms with Crippen LogP contribution < -0.4 is 9.61 Å². The summed E-state index contributed by atoms with van der Waals surface area (Å²) in [7, 11) is -3.16. The highest BCUT2D eigenvalue weighted by molar-refractivity contribution is 7.57. The lowest BCUT2D eigenvalue weighted by molar-refractivity contribution is -0.152. The molecule has 6 heteroatoms. The molecule has 1 aliphatic rings. The molecule has 5 nitrogen and oxygen atoms in total. The van der Waals surface area contributed by atoms with Crippen LogP contribution in [0.1, 0.15) is 52.4 Å². The molecule has 1 N–H and O–H groups in total. The number of para-hydroxylation sites is 1. The monoisotopic (exact) mass is 353 g/mol. The molecule has 0 amide bonds. The summed E-state index contributed by atoms with van der Waals surface area (Å²) in [5.74, 6) is 0.185. The van der Waals surface area contributed by atoms with Crippen LogP contribution in [0.5, 0.6) is 5.75 Å². The van der Waals surface area contributed by atoms with Crippen molar-refractivity contribution in [1.82, 2.24) is 5.09 Å². The van der Waals surface area contributed by atoms with Crippen molar-refractivity contribution in [2.75, 3.05) is 6.16 Å². The van der Waals surface area contributed by atoms with Gasteiger partial charge in [0.2, 0.25) is 0 Å². The molecule has 134 valence electrons. The van der Waals surface area contributed by atoms with E-state index in [0.29, 0.717) is 18.3 Å². The second-order valence-electron chi connectivity index (χ2n) is 6.35. The number of benzene rings is 1. The minimum Gasteiger partial charge on any atom is -0.461 e. The second kappa shape index (κ2) is 9.24. The molecule has 2 rings (SSSR count). The molecule has 24 heavy (non-hydrogen) atoms. The number of ether oxygens (including phenoxy) is 1. The van der Waals surface area contributed by atoms with E-state index < -0.39 is 13.6 Å². The molecular formula is C18H28NO4P. The minimum absolute atomic E-state index is 0.00361. The van der Waals surface area contributed by atoms with E-state index in [9.17, 15) is 9.36 Å². The largest absolute Gasteiger partial charge is 0.461 e. The van der Waals surface area contributed by atoms with Crippen LogP contribution in [0.2, 0.25) is 0 Å². The third-order valence-corrected chi connectivity index (χ3v) is 6.42. The first-order chi connectivity index (χ1) is 11.5. The number of esters is 1. The summed E-state index contributed by atoms with van der Waals surface area (Å²) in [6.45, 7) is 3.62. The first-order valence-corrected chi connectivity index (χ1v) is 10.7. The van der Waals surface area contributed by atoms with Gasteiger partial charge >= 0.3 is 13.5 Å². The van der Waals surface area contributed by atoms with E-state index in [4.69, 9.17) is 9.26 Å². The maximum Gasteiger partial charge on any atom is 0.323 e. The van der Waals surface area contributed by atoms with Gasteiger partial charge in [0.1, 0.15) is 17.9 Å². The predicted molar refractivity (Wildman–Crippen MR) is 95.4 cm³/mol. The Bertz CT molecular complexity index is 557. The summed E-state index contributed by atoms with van der Waals surface area (Å²) in [5.41, 5.74) is 0. The lowest BCUT2D eigenvalue weighted by Gasteiger charge is -2.26. The van der Waals surface area contributed by atoms with Gasteiger partial charge in [0, 0.05) is 6.16 Å². The average Bonchev–Trinajstić information content (AvgIpc) is 2.56. The fourth-order valence-corrected chi connectivity index (χ4v) is 4.90. The highest BCUT2D eigenvalue weighted by Gasteiger charge is 2.30. The molecule has 1 aromatic rings. The Labute approximate surface area is 144 Å². The van der Waals surface area contributed by atoms with Gasteiger partial charge in [-0.15, -0.1) is 0 Å². The summed E-state index contributed by atoms with van der Waals surface area (Å²) in [5, 5.41) is 2.89. The summed E-state index contributed by atoms with van der Waals surface area (Å²) in [6, 6.07) is 8.38. The van der Waals surface area contributed by atoms with E-state index in [-0.39, 0.29) is 12.1 Å². The van der Waals surface area contributed by atoms with Crippen molar-refractivity contribution >= 4 is 13.5 Å². The molecule has 1 fully saturated rings. The number of hydrogen-bond acceptors (Lipinski definition) is 4. The zero-order valence-corrected chi connectivity index (χ0v) is 15.5. The van der Waals surface area contributed by atoms with Crippen molar-refractivity contribution in [3.05, 3.63) is 30.3 Å². The van der Waals surface area contributed by atoms with E-state index in [2.05, 4.69) is 5.09 Å². The molecule has 1 aromatic carbocycles. The fourth-order valence-electron chi connectivity index (χ4n) is 2.88. The molecule has 1 saturated carbocycles. The van der Waals surface area contributed by atoms with Crippen molar-refractivity contribution in [2.45, 2.75) is 64.5 Å². The van der Waals surface area contributed by atoms with Crippen LogP contribution in [0.15, 0.2) is 30.3 Å². The van der Waals surface area contributed by atoms with Gasteiger partial charge in [0.15, 0.2) is 0 Å². The third-order valence-electron chi connectivity index (χ3n) is 4.09. The summed E-state index contributed by atoms with van der Waals surface area (Å²) in [4.78, 5) is 12.3. The molecule has 0 radical (unpaired) electrons. The molecule has 0 bridgehead atoms. The maximum absolute atomic E-state index is 13.0. The predicted octanol–water partition coefficient (Wildman–Crippen LogP) is 4.52. The van der Waals surface area contributed by atoms with Gasteiger partial charge in [-0.05, 0) is 51.2 Å². The van der Waals surface area contributed by atoms with Crippen molar-refractivity contribution < 1.29 is 18.6 Å². The van der Waals surface area contributed by atoms with Gasteiger partial charge in [-0.25, -0.2) is 5.09 Å². The van der Waals surface area contributed by atoms with E-state index in [1.165, 1.54) is 6.42 Å². The van der Waals surface area contributed by atoms with E-state index in [1.54, 1.807) is 19.1 Å². The lowest BCUT2D eigenvalue weighted by Crippen LogP contribution is -2.37. The first kappa shape index (κ1) is 19.0. The molecule has 0 aliphatic heterocycles. The highest BCUT2D eigenvalue weighted by atomic mass is 31.2. The minimum atomic E-state index is -3.16. The molecule has 0 aromatic heterocycles. The van der Waals surface area contributed by atoms with Crippen LogP contribution in [-0.2, 0) is 14.1 Å². The zero-order chi connectivity index (χ0) is 17.4. The Morgan fingerprint density at radius 3 is 2.54 bits per heavy atom.